The maximum absolute atomic E-state index is 5.37. The summed E-state index contributed by atoms with van der Waals surface area (Å²) < 4.78 is 7.94. The number of imidazole rings is 1. The van der Waals surface area contributed by atoms with Gasteiger partial charge in [-0.15, -0.1) is 0 Å². The molecule has 2 heterocycles. The first-order valence-electron chi connectivity index (χ1n) is 5.94. The number of methoxy groups -OCH3 is 1. The van der Waals surface area contributed by atoms with Crippen molar-refractivity contribution in [3.05, 3.63) is 53.1 Å². The number of aromatic amines is 1. The maximum atomic E-state index is 5.37. The van der Waals surface area contributed by atoms with Crippen LogP contribution in [0.1, 0.15) is 5.69 Å². The molecule has 1 aromatic carbocycles. The van der Waals surface area contributed by atoms with Crippen molar-refractivity contribution in [1.82, 2.24) is 14.5 Å². The minimum absolute atomic E-state index is 0.659. The van der Waals surface area contributed by atoms with Crippen LogP contribution >= 0.6 is 12.2 Å². The van der Waals surface area contributed by atoms with Gasteiger partial charge in [0.15, 0.2) is 4.77 Å². The van der Waals surface area contributed by atoms with Crippen molar-refractivity contribution >= 4 is 23.3 Å². The Balaban J connectivity index is 2.09. The third-order valence-corrected chi connectivity index (χ3v) is 3.35. The van der Waals surface area contributed by atoms with Crippen LogP contribution in [0.3, 0.4) is 0 Å². The Morgan fingerprint density at radius 3 is 2.95 bits per heavy atom. The Hall–Kier alpha value is -2.14. The topological polar surface area (TPSA) is 42.8 Å². The molecule has 0 atom stereocenters. The minimum atomic E-state index is 0.659. The van der Waals surface area contributed by atoms with Crippen molar-refractivity contribution < 1.29 is 4.74 Å². The summed E-state index contributed by atoms with van der Waals surface area (Å²) in [6.07, 6.45) is 1.79. The number of ether oxygens (including phenoxy) is 1. The van der Waals surface area contributed by atoms with Crippen molar-refractivity contribution in [2.75, 3.05) is 7.11 Å². The average molecular weight is 271 g/mol. The lowest BCUT2D eigenvalue weighted by molar-refractivity contribution is 0.415. The van der Waals surface area contributed by atoms with Gasteiger partial charge in [0.25, 0.3) is 0 Å². The van der Waals surface area contributed by atoms with Gasteiger partial charge in [-0.3, -0.25) is 4.98 Å². The first kappa shape index (κ1) is 11.9. The van der Waals surface area contributed by atoms with E-state index in [4.69, 9.17) is 17.0 Å². The molecule has 0 aliphatic rings. The highest BCUT2D eigenvalue weighted by molar-refractivity contribution is 7.71. The van der Waals surface area contributed by atoms with Gasteiger partial charge < -0.3 is 14.3 Å². The fraction of sp³-hybridized carbons (Fsp3) is 0.143. The SMILES string of the molecule is COc1ccc2c(c1)[nH]c(=S)n2Cc1ccccn1. The van der Waals surface area contributed by atoms with Crippen LogP contribution in [0.2, 0.25) is 0 Å². The van der Waals surface area contributed by atoms with Gasteiger partial charge in [-0.05, 0) is 36.5 Å². The van der Waals surface area contributed by atoms with Crippen LogP contribution in [-0.2, 0) is 6.54 Å². The van der Waals surface area contributed by atoms with Gasteiger partial charge in [-0.2, -0.15) is 0 Å². The second-order valence-corrected chi connectivity index (χ2v) is 4.61. The second-order valence-electron chi connectivity index (χ2n) is 4.22. The molecule has 2 aromatic heterocycles. The molecule has 0 aliphatic heterocycles. The molecule has 19 heavy (non-hydrogen) atoms. The van der Waals surface area contributed by atoms with Crippen molar-refractivity contribution in [2.45, 2.75) is 6.54 Å². The molecule has 3 aromatic rings. The fourth-order valence-corrected chi connectivity index (χ4v) is 2.35. The maximum Gasteiger partial charge on any atom is 0.178 e. The lowest BCUT2D eigenvalue weighted by Gasteiger charge is -2.04. The molecular weight excluding hydrogens is 258 g/mol. The zero-order valence-corrected chi connectivity index (χ0v) is 11.3. The van der Waals surface area contributed by atoms with Crippen LogP contribution in [0.5, 0.6) is 5.75 Å². The lowest BCUT2D eigenvalue weighted by Crippen LogP contribution is -2.01. The zero-order chi connectivity index (χ0) is 13.2. The van der Waals surface area contributed by atoms with Crippen molar-refractivity contribution in [3.63, 3.8) is 0 Å². The van der Waals surface area contributed by atoms with Gasteiger partial charge in [0.1, 0.15) is 5.75 Å². The van der Waals surface area contributed by atoms with Gasteiger partial charge in [0, 0.05) is 12.3 Å². The molecule has 5 heteroatoms. The van der Waals surface area contributed by atoms with Crippen molar-refractivity contribution in [3.8, 4) is 5.75 Å². The predicted octanol–water partition coefficient (Wildman–Crippen LogP) is 3.15. The highest BCUT2D eigenvalue weighted by atomic mass is 32.1. The van der Waals surface area contributed by atoms with E-state index in [2.05, 4.69) is 9.97 Å². The van der Waals surface area contributed by atoms with E-state index in [9.17, 15) is 0 Å². The molecule has 0 saturated heterocycles. The van der Waals surface area contributed by atoms with Crippen molar-refractivity contribution in [1.29, 1.82) is 0 Å². The van der Waals surface area contributed by atoms with Crippen LogP contribution in [-0.4, -0.2) is 21.6 Å². The monoisotopic (exact) mass is 271 g/mol. The number of H-pyrrole nitrogens is 1. The quantitative estimate of drug-likeness (QED) is 0.744. The largest absolute Gasteiger partial charge is 0.497 e. The number of rotatable bonds is 3. The summed E-state index contributed by atoms with van der Waals surface area (Å²) in [5.41, 5.74) is 3.01. The Labute approximate surface area is 115 Å². The molecule has 0 fully saturated rings. The summed E-state index contributed by atoms with van der Waals surface area (Å²) in [7, 11) is 1.65. The predicted molar refractivity (Wildman–Crippen MR) is 77.0 cm³/mol. The molecule has 0 spiro atoms. The molecule has 3 rings (SSSR count). The Morgan fingerprint density at radius 2 is 2.21 bits per heavy atom. The Morgan fingerprint density at radius 1 is 1.32 bits per heavy atom. The van der Waals surface area contributed by atoms with E-state index in [1.807, 2.05) is 41.0 Å². The zero-order valence-electron chi connectivity index (χ0n) is 10.5. The van der Waals surface area contributed by atoms with E-state index < -0.39 is 0 Å². The van der Waals surface area contributed by atoms with Crippen LogP contribution in [0, 0.1) is 4.77 Å². The van der Waals surface area contributed by atoms with E-state index in [0.717, 1.165) is 22.5 Å². The second kappa shape index (κ2) is 4.85. The molecule has 0 aliphatic carbocycles. The summed E-state index contributed by atoms with van der Waals surface area (Å²) in [6, 6.07) is 11.8. The van der Waals surface area contributed by atoms with Crippen LogP contribution in [0.15, 0.2) is 42.6 Å². The molecule has 0 radical (unpaired) electrons. The van der Waals surface area contributed by atoms with Crippen molar-refractivity contribution in [2.24, 2.45) is 0 Å². The molecule has 96 valence electrons. The number of pyridine rings is 1. The van der Waals surface area contributed by atoms with E-state index in [-0.39, 0.29) is 0 Å². The fourth-order valence-electron chi connectivity index (χ4n) is 2.08. The smallest absolute Gasteiger partial charge is 0.178 e. The molecule has 0 bridgehead atoms. The molecule has 4 nitrogen and oxygen atoms in total. The van der Waals surface area contributed by atoms with Crippen LogP contribution in [0.25, 0.3) is 11.0 Å². The summed E-state index contributed by atoms with van der Waals surface area (Å²) in [5.74, 6) is 0.814. The molecule has 0 saturated carbocycles. The highest BCUT2D eigenvalue weighted by Gasteiger charge is 2.06. The molecule has 0 unspecified atom stereocenters. The van der Waals surface area contributed by atoms with E-state index >= 15 is 0 Å². The average Bonchev–Trinajstić information content (AvgIpc) is 2.75. The molecular formula is C14H13N3OS. The van der Waals surface area contributed by atoms with Gasteiger partial charge in [0.05, 0.1) is 30.4 Å². The van der Waals surface area contributed by atoms with Crippen LogP contribution in [0.4, 0.5) is 0 Å². The number of nitrogens with one attached hydrogen (secondary N) is 1. The summed E-state index contributed by atoms with van der Waals surface area (Å²) in [5, 5.41) is 0. The van der Waals surface area contributed by atoms with Gasteiger partial charge >= 0.3 is 0 Å². The number of benzene rings is 1. The van der Waals surface area contributed by atoms with E-state index in [0.29, 0.717) is 11.3 Å². The molecule has 0 amide bonds. The van der Waals surface area contributed by atoms with Gasteiger partial charge in [-0.25, -0.2) is 0 Å². The Kier molecular flexibility index (Phi) is 3.05. The van der Waals surface area contributed by atoms with Gasteiger partial charge in [-0.1, -0.05) is 6.07 Å². The normalized spacial score (nSPS) is 10.8. The standard InChI is InChI=1S/C14H13N3OS/c1-18-11-5-6-13-12(8-11)16-14(19)17(13)9-10-4-2-3-7-15-10/h2-8H,9H2,1H3,(H,16,19). The third-order valence-electron chi connectivity index (χ3n) is 3.03. The number of fused-ring (bicyclic) bond motifs is 1. The lowest BCUT2D eigenvalue weighted by atomic mass is 10.3. The minimum Gasteiger partial charge on any atom is -0.497 e. The molecule has 1 N–H and O–H groups in total. The Bertz CT molecular complexity index is 761. The van der Waals surface area contributed by atoms with Gasteiger partial charge in [0.2, 0.25) is 0 Å². The first-order valence-corrected chi connectivity index (χ1v) is 6.35. The third kappa shape index (κ3) is 2.24. The summed E-state index contributed by atoms with van der Waals surface area (Å²) >= 11 is 5.37. The van der Waals surface area contributed by atoms with E-state index in [1.54, 1.807) is 13.3 Å². The van der Waals surface area contributed by atoms with E-state index in [1.165, 1.54) is 0 Å². The van der Waals surface area contributed by atoms with Crippen LogP contribution < -0.4 is 4.74 Å². The number of hydrogen-bond donors (Lipinski definition) is 1. The first-order chi connectivity index (χ1) is 9.28. The number of hydrogen-bond acceptors (Lipinski definition) is 3. The number of nitrogens with zero attached hydrogens (tertiary/aromatic N) is 2. The highest BCUT2D eigenvalue weighted by Crippen LogP contribution is 2.21. The summed E-state index contributed by atoms with van der Waals surface area (Å²) in [4.78, 5) is 7.52. The number of aromatic nitrogens is 3. The summed E-state index contributed by atoms with van der Waals surface area (Å²) in [6.45, 7) is 0.659.